The number of aromatic nitrogens is 1. The van der Waals surface area contributed by atoms with Gasteiger partial charge in [-0.15, -0.1) is 0 Å². The molecule has 106 valence electrons. The van der Waals surface area contributed by atoms with E-state index < -0.39 is 0 Å². The van der Waals surface area contributed by atoms with E-state index in [0.29, 0.717) is 21.6 Å². The summed E-state index contributed by atoms with van der Waals surface area (Å²) in [6, 6.07) is 7.41. The molecule has 0 bridgehead atoms. The van der Waals surface area contributed by atoms with Crippen LogP contribution < -0.4 is 11.1 Å². The van der Waals surface area contributed by atoms with Crippen molar-refractivity contribution < 1.29 is 4.79 Å². The van der Waals surface area contributed by atoms with Crippen LogP contribution in [0.25, 0.3) is 0 Å². The number of benzene rings is 1. The monoisotopic (exact) mass is 310 g/mol. The van der Waals surface area contributed by atoms with Crippen molar-refractivity contribution in [2.75, 3.05) is 25.1 Å². The average molecular weight is 311 g/mol. The van der Waals surface area contributed by atoms with Crippen molar-refractivity contribution in [3.8, 4) is 0 Å². The first-order valence-corrected chi connectivity index (χ1v) is 7.14. The van der Waals surface area contributed by atoms with Gasteiger partial charge < -0.3 is 16.0 Å². The largest absolute Gasteiger partial charge is 0.382 e. The van der Waals surface area contributed by atoms with Crippen LogP contribution in [0.3, 0.4) is 0 Å². The summed E-state index contributed by atoms with van der Waals surface area (Å²) in [4.78, 5) is 18.4. The zero-order chi connectivity index (χ0) is 14.7. The normalized spacial score (nSPS) is 10.3. The highest BCUT2D eigenvalue weighted by molar-refractivity contribution is 7.18. The predicted molar refractivity (Wildman–Crippen MR) is 83.3 cm³/mol. The summed E-state index contributed by atoms with van der Waals surface area (Å²) in [6.45, 7) is 0.464. The molecular formula is C13H15ClN4OS. The van der Waals surface area contributed by atoms with Gasteiger partial charge in [-0.05, 0) is 17.7 Å². The number of amides is 1. The Kier molecular flexibility index (Phi) is 4.46. The highest BCUT2D eigenvalue weighted by atomic mass is 35.5. The van der Waals surface area contributed by atoms with Crippen molar-refractivity contribution in [2.24, 2.45) is 0 Å². The number of nitrogens with two attached hydrogens (primary N) is 1. The van der Waals surface area contributed by atoms with Gasteiger partial charge in [0, 0.05) is 25.7 Å². The van der Waals surface area contributed by atoms with Crippen molar-refractivity contribution in [2.45, 2.75) is 6.54 Å². The number of nitrogen functional groups attached to an aromatic ring is 1. The van der Waals surface area contributed by atoms with E-state index in [4.69, 9.17) is 17.3 Å². The second-order valence-corrected chi connectivity index (χ2v) is 5.71. The summed E-state index contributed by atoms with van der Waals surface area (Å²) in [5.74, 6) is 0.101. The average Bonchev–Trinajstić information content (AvgIpc) is 2.79. The van der Waals surface area contributed by atoms with E-state index in [2.05, 4.69) is 10.3 Å². The van der Waals surface area contributed by atoms with E-state index in [1.165, 1.54) is 11.3 Å². The van der Waals surface area contributed by atoms with Crippen molar-refractivity contribution in [3.05, 3.63) is 39.7 Å². The third-order valence-corrected chi connectivity index (χ3v) is 4.03. The van der Waals surface area contributed by atoms with Crippen LogP contribution in [0.2, 0.25) is 5.02 Å². The summed E-state index contributed by atoms with van der Waals surface area (Å²) in [5.41, 5.74) is 6.73. The molecule has 0 saturated heterocycles. The van der Waals surface area contributed by atoms with Gasteiger partial charge in [0.25, 0.3) is 5.91 Å². The zero-order valence-electron chi connectivity index (χ0n) is 11.2. The van der Waals surface area contributed by atoms with E-state index in [9.17, 15) is 4.79 Å². The van der Waals surface area contributed by atoms with Crippen LogP contribution >= 0.6 is 22.9 Å². The van der Waals surface area contributed by atoms with E-state index >= 15 is 0 Å². The molecule has 5 nitrogen and oxygen atoms in total. The number of carbonyl (C=O) groups excluding carboxylic acids is 1. The van der Waals surface area contributed by atoms with Gasteiger partial charge in [-0.25, -0.2) is 4.98 Å². The molecular weight excluding hydrogens is 296 g/mol. The Balaban J connectivity index is 2.14. The Morgan fingerprint density at radius 2 is 2.30 bits per heavy atom. The van der Waals surface area contributed by atoms with E-state index in [1.54, 1.807) is 25.1 Å². The molecule has 0 unspecified atom stereocenters. The topological polar surface area (TPSA) is 71.2 Å². The number of hydrogen-bond donors (Lipinski definition) is 2. The highest BCUT2D eigenvalue weighted by Crippen LogP contribution is 2.26. The Labute approximate surface area is 126 Å². The molecule has 0 atom stereocenters. The molecule has 1 aromatic carbocycles. The number of nitrogens with zero attached hydrogens (tertiary/aromatic N) is 2. The van der Waals surface area contributed by atoms with Crippen LogP contribution in [0.15, 0.2) is 24.3 Å². The molecule has 0 radical (unpaired) electrons. The van der Waals surface area contributed by atoms with Gasteiger partial charge in [0.2, 0.25) is 0 Å². The summed E-state index contributed by atoms with van der Waals surface area (Å²) < 4.78 is 0. The van der Waals surface area contributed by atoms with Gasteiger partial charge in [-0.1, -0.05) is 35.1 Å². The van der Waals surface area contributed by atoms with Gasteiger partial charge in [-0.3, -0.25) is 4.79 Å². The Morgan fingerprint density at radius 3 is 2.90 bits per heavy atom. The van der Waals surface area contributed by atoms with E-state index in [-0.39, 0.29) is 11.7 Å². The van der Waals surface area contributed by atoms with Gasteiger partial charge >= 0.3 is 0 Å². The minimum absolute atomic E-state index is 0.151. The van der Waals surface area contributed by atoms with Crippen molar-refractivity contribution in [3.63, 3.8) is 0 Å². The van der Waals surface area contributed by atoms with Crippen molar-refractivity contribution in [1.29, 1.82) is 0 Å². The molecule has 2 rings (SSSR count). The van der Waals surface area contributed by atoms with Crippen molar-refractivity contribution >= 4 is 39.8 Å². The van der Waals surface area contributed by atoms with Crippen LogP contribution in [0.1, 0.15) is 15.2 Å². The molecule has 0 saturated carbocycles. The fourth-order valence-electron chi connectivity index (χ4n) is 1.75. The van der Waals surface area contributed by atoms with Gasteiger partial charge in [0.1, 0.15) is 10.7 Å². The van der Waals surface area contributed by atoms with Crippen LogP contribution in [0.5, 0.6) is 0 Å². The molecule has 0 spiro atoms. The quantitative estimate of drug-likeness (QED) is 0.911. The van der Waals surface area contributed by atoms with Crippen LogP contribution in [-0.2, 0) is 6.54 Å². The maximum absolute atomic E-state index is 12.3. The molecule has 0 aliphatic rings. The third kappa shape index (κ3) is 3.20. The summed E-state index contributed by atoms with van der Waals surface area (Å²) >= 11 is 7.18. The number of hydrogen-bond acceptors (Lipinski definition) is 5. The lowest BCUT2D eigenvalue weighted by Crippen LogP contribution is -2.26. The number of anilines is 2. The Morgan fingerprint density at radius 1 is 1.55 bits per heavy atom. The lowest BCUT2D eigenvalue weighted by atomic mass is 10.2. The third-order valence-electron chi connectivity index (χ3n) is 2.72. The lowest BCUT2D eigenvalue weighted by molar-refractivity contribution is 0.0790. The first-order chi connectivity index (χ1) is 9.51. The minimum atomic E-state index is -0.151. The maximum atomic E-state index is 12.3. The van der Waals surface area contributed by atoms with Gasteiger partial charge in [0.05, 0.1) is 0 Å². The highest BCUT2D eigenvalue weighted by Gasteiger charge is 2.19. The lowest BCUT2D eigenvalue weighted by Gasteiger charge is -2.16. The van der Waals surface area contributed by atoms with E-state index in [1.807, 2.05) is 18.2 Å². The molecule has 3 N–H and O–H groups in total. The second-order valence-electron chi connectivity index (χ2n) is 4.27. The first kappa shape index (κ1) is 14.6. The predicted octanol–water partition coefficient (Wildman–Crippen LogP) is 2.69. The number of halogens is 1. The minimum Gasteiger partial charge on any atom is -0.382 e. The smallest absolute Gasteiger partial charge is 0.267 e. The molecule has 0 aliphatic carbocycles. The summed E-state index contributed by atoms with van der Waals surface area (Å²) in [7, 11) is 3.46. The number of carbonyl (C=O) groups is 1. The first-order valence-electron chi connectivity index (χ1n) is 5.95. The fraction of sp³-hybridized carbons (Fsp3) is 0.231. The SMILES string of the molecule is CNc1nc(N)c(C(=O)N(C)Cc2cccc(Cl)c2)s1. The molecule has 1 aromatic heterocycles. The number of thiazole rings is 1. The van der Waals surface area contributed by atoms with Gasteiger partial charge in [-0.2, -0.15) is 0 Å². The zero-order valence-corrected chi connectivity index (χ0v) is 12.8. The van der Waals surface area contributed by atoms with Crippen LogP contribution in [-0.4, -0.2) is 29.9 Å². The number of rotatable bonds is 4. The van der Waals surface area contributed by atoms with Crippen molar-refractivity contribution in [1.82, 2.24) is 9.88 Å². The molecule has 1 amide bonds. The molecule has 0 aliphatic heterocycles. The summed E-state index contributed by atoms with van der Waals surface area (Å²) in [6.07, 6.45) is 0. The molecule has 2 aromatic rings. The molecule has 7 heteroatoms. The summed E-state index contributed by atoms with van der Waals surface area (Å²) in [5, 5.41) is 4.16. The second kappa shape index (κ2) is 6.11. The molecule has 0 fully saturated rings. The Bertz CT molecular complexity index is 629. The molecule has 1 heterocycles. The van der Waals surface area contributed by atoms with E-state index in [0.717, 1.165) is 5.56 Å². The fourth-order valence-corrected chi connectivity index (χ4v) is 2.79. The van der Waals surface area contributed by atoms with Gasteiger partial charge in [0.15, 0.2) is 5.13 Å². The maximum Gasteiger partial charge on any atom is 0.267 e. The molecule has 20 heavy (non-hydrogen) atoms. The number of nitrogens with one attached hydrogen (secondary N) is 1. The Hall–Kier alpha value is -1.79. The standard InChI is InChI=1S/C13H15ClN4OS/c1-16-13-17-11(15)10(20-13)12(19)18(2)7-8-4-3-5-9(14)6-8/h3-6H,7,15H2,1-2H3,(H,16,17). The van der Waals surface area contributed by atoms with Crippen LogP contribution in [0, 0.1) is 0 Å². The van der Waals surface area contributed by atoms with Crippen LogP contribution in [0.4, 0.5) is 10.9 Å².